The SMILES string of the molecule is C#CCOc1ccc(C=C2SC(=S)N(c3ccccc3C(=O)O)C2=O)cc1OC. The molecular weight excluding hydrogens is 410 g/mol. The van der Waals surface area contributed by atoms with Crippen molar-refractivity contribution in [2.24, 2.45) is 0 Å². The number of aromatic carboxylic acids is 1. The van der Waals surface area contributed by atoms with Crippen molar-refractivity contribution >= 4 is 51.9 Å². The molecule has 0 radical (unpaired) electrons. The molecule has 0 aromatic heterocycles. The van der Waals surface area contributed by atoms with Crippen molar-refractivity contribution in [2.75, 3.05) is 18.6 Å². The van der Waals surface area contributed by atoms with Crippen molar-refractivity contribution in [1.29, 1.82) is 0 Å². The molecule has 3 rings (SSSR count). The van der Waals surface area contributed by atoms with Crippen LogP contribution < -0.4 is 14.4 Å². The molecule has 8 heteroatoms. The second kappa shape index (κ2) is 8.82. The zero-order valence-corrected chi connectivity index (χ0v) is 16.9. The maximum Gasteiger partial charge on any atom is 0.337 e. The molecule has 6 nitrogen and oxygen atoms in total. The highest BCUT2D eigenvalue weighted by atomic mass is 32.2. The van der Waals surface area contributed by atoms with Crippen LogP contribution in [0.5, 0.6) is 11.5 Å². The summed E-state index contributed by atoms with van der Waals surface area (Å²) in [6.07, 6.45) is 6.87. The first kappa shape index (κ1) is 20.5. The van der Waals surface area contributed by atoms with Crippen LogP contribution in [0, 0.1) is 12.3 Å². The lowest BCUT2D eigenvalue weighted by Gasteiger charge is -2.16. The fraction of sp³-hybridized carbons (Fsp3) is 0.0952. The number of rotatable bonds is 6. The third-order valence-electron chi connectivity index (χ3n) is 3.97. The maximum atomic E-state index is 12.9. The lowest BCUT2D eigenvalue weighted by molar-refractivity contribution is -0.113. The quantitative estimate of drug-likeness (QED) is 0.428. The standard InChI is InChI=1S/C21H15NO5S2/c1-3-10-27-16-9-8-13(11-17(16)26-2)12-18-19(23)22(21(28)29-18)15-7-5-4-6-14(15)20(24)25/h1,4-9,11-12H,10H2,2H3,(H,24,25). The Bertz CT molecular complexity index is 1070. The highest BCUT2D eigenvalue weighted by molar-refractivity contribution is 8.27. The van der Waals surface area contributed by atoms with E-state index in [1.54, 1.807) is 42.5 Å². The van der Waals surface area contributed by atoms with Crippen molar-refractivity contribution in [2.45, 2.75) is 0 Å². The largest absolute Gasteiger partial charge is 0.493 e. The molecule has 0 atom stereocenters. The minimum Gasteiger partial charge on any atom is -0.493 e. The Morgan fingerprint density at radius 2 is 2.07 bits per heavy atom. The molecule has 1 N–H and O–H groups in total. The zero-order valence-electron chi connectivity index (χ0n) is 15.2. The van der Waals surface area contributed by atoms with Crippen LogP contribution in [-0.4, -0.2) is 35.0 Å². The number of carbonyl (C=O) groups is 2. The molecule has 1 heterocycles. The summed E-state index contributed by atoms with van der Waals surface area (Å²) in [4.78, 5) is 26.0. The molecule has 0 bridgehead atoms. The molecule has 2 aromatic carbocycles. The number of carbonyl (C=O) groups excluding carboxylic acids is 1. The molecule has 1 amide bonds. The Kier molecular flexibility index (Phi) is 6.22. The number of para-hydroxylation sites is 1. The third kappa shape index (κ3) is 4.26. The minimum absolute atomic E-state index is 0.00161. The predicted octanol–water partition coefficient (Wildman–Crippen LogP) is 3.81. The first-order valence-electron chi connectivity index (χ1n) is 8.31. The molecule has 1 aliphatic rings. The molecule has 0 spiro atoms. The normalized spacial score (nSPS) is 14.8. The van der Waals surface area contributed by atoms with E-state index in [1.807, 2.05) is 0 Å². The molecule has 0 aliphatic carbocycles. The summed E-state index contributed by atoms with van der Waals surface area (Å²) in [5, 5.41) is 9.40. The number of hydrogen-bond acceptors (Lipinski definition) is 6. The summed E-state index contributed by atoms with van der Waals surface area (Å²) < 4.78 is 11.0. The molecule has 1 aliphatic heterocycles. The van der Waals surface area contributed by atoms with E-state index in [0.717, 1.165) is 11.8 Å². The van der Waals surface area contributed by atoms with Gasteiger partial charge in [0.2, 0.25) is 0 Å². The highest BCUT2D eigenvalue weighted by Gasteiger charge is 2.35. The first-order chi connectivity index (χ1) is 14.0. The Morgan fingerprint density at radius 3 is 2.76 bits per heavy atom. The van der Waals surface area contributed by atoms with Crippen molar-refractivity contribution in [3.63, 3.8) is 0 Å². The number of benzene rings is 2. The molecule has 146 valence electrons. The van der Waals surface area contributed by atoms with E-state index < -0.39 is 5.97 Å². The van der Waals surface area contributed by atoms with Crippen molar-refractivity contribution in [3.8, 4) is 23.8 Å². The van der Waals surface area contributed by atoms with E-state index in [1.165, 1.54) is 18.1 Å². The van der Waals surface area contributed by atoms with Gasteiger partial charge in [0.05, 0.1) is 23.3 Å². The summed E-state index contributed by atoms with van der Waals surface area (Å²) >= 11 is 6.43. The lowest BCUT2D eigenvalue weighted by Crippen LogP contribution is -2.29. The van der Waals surface area contributed by atoms with Crippen molar-refractivity contribution < 1.29 is 24.2 Å². The molecule has 1 saturated heterocycles. The van der Waals surface area contributed by atoms with Gasteiger partial charge in [-0.15, -0.1) is 6.42 Å². The number of ether oxygens (including phenoxy) is 2. The average Bonchev–Trinajstić information content (AvgIpc) is 2.99. The van der Waals surface area contributed by atoms with Gasteiger partial charge in [0.15, 0.2) is 15.8 Å². The van der Waals surface area contributed by atoms with Crippen LogP contribution in [0.1, 0.15) is 15.9 Å². The first-order valence-corrected chi connectivity index (χ1v) is 9.53. The summed E-state index contributed by atoms with van der Waals surface area (Å²) in [6.45, 7) is 0.108. The van der Waals surface area contributed by atoms with Gasteiger partial charge in [0.1, 0.15) is 6.61 Å². The summed E-state index contributed by atoms with van der Waals surface area (Å²) in [5.41, 5.74) is 0.935. The van der Waals surface area contributed by atoms with Crippen LogP contribution >= 0.6 is 24.0 Å². The summed E-state index contributed by atoms with van der Waals surface area (Å²) in [7, 11) is 1.50. The topological polar surface area (TPSA) is 76.1 Å². The van der Waals surface area contributed by atoms with Gasteiger partial charge in [0, 0.05) is 0 Å². The van der Waals surface area contributed by atoms with Crippen LogP contribution in [0.3, 0.4) is 0 Å². The van der Waals surface area contributed by atoms with Gasteiger partial charge >= 0.3 is 5.97 Å². The number of thioether (sulfide) groups is 1. The van der Waals surface area contributed by atoms with Crippen LogP contribution in [0.15, 0.2) is 47.4 Å². The van der Waals surface area contributed by atoms with Gasteiger partial charge in [-0.2, -0.15) is 0 Å². The fourth-order valence-electron chi connectivity index (χ4n) is 2.69. The zero-order chi connectivity index (χ0) is 21.0. The number of amides is 1. The van der Waals surface area contributed by atoms with Crippen LogP contribution in [0.2, 0.25) is 0 Å². The molecule has 1 fully saturated rings. The van der Waals surface area contributed by atoms with Crippen LogP contribution in [0.25, 0.3) is 6.08 Å². The van der Waals surface area contributed by atoms with E-state index in [9.17, 15) is 14.7 Å². The average molecular weight is 425 g/mol. The molecule has 0 unspecified atom stereocenters. The predicted molar refractivity (Wildman–Crippen MR) is 116 cm³/mol. The van der Waals surface area contributed by atoms with Gasteiger partial charge in [-0.3, -0.25) is 9.69 Å². The number of anilines is 1. The van der Waals surface area contributed by atoms with E-state index in [4.69, 9.17) is 28.1 Å². The lowest BCUT2D eigenvalue weighted by atomic mass is 10.1. The highest BCUT2D eigenvalue weighted by Crippen LogP contribution is 2.38. The summed E-state index contributed by atoms with van der Waals surface area (Å²) in [6, 6.07) is 11.4. The van der Waals surface area contributed by atoms with Crippen LogP contribution in [-0.2, 0) is 4.79 Å². The minimum atomic E-state index is -1.13. The second-order valence-corrected chi connectivity index (χ2v) is 7.42. The molecule has 29 heavy (non-hydrogen) atoms. The monoisotopic (exact) mass is 425 g/mol. The fourth-order valence-corrected chi connectivity index (χ4v) is 3.97. The Labute approximate surface area is 177 Å². The van der Waals surface area contributed by atoms with Crippen LogP contribution in [0.4, 0.5) is 5.69 Å². The van der Waals surface area contributed by atoms with Gasteiger partial charge in [0.25, 0.3) is 5.91 Å². The Morgan fingerprint density at radius 1 is 1.31 bits per heavy atom. The van der Waals surface area contributed by atoms with Gasteiger partial charge in [-0.05, 0) is 35.9 Å². The number of terminal acetylenes is 1. The number of thiocarbonyl (C=S) groups is 1. The van der Waals surface area contributed by atoms with Gasteiger partial charge < -0.3 is 14.6 Å². The van der Waals surface area contributed by atoms with Gasteiger partial charge in [-0.25, -0.2) is 4.79 Å². The van der Waals surface area contributed by atoms with E-state index >= 15 is 0 Å². The van der Waals surface area contributed by atoms with Gasteiger partial charge in [-0.1, -0.05) is 48.1 Å². The summed E-state index contributed by atoms with van der Waals surface area (Å²) in [5.74, 6) is 1.83. The van der Waals surface area contributed by atoms with E-state index in [0.29, 0.717) is 22.0 Å². The smallest absolute Gasteiger partial charge is 0.337 e. The Hall–Kier alpha value is -3.28. The number of carboxylic acid groups (broad SMARTS) is 1. The van der Waals surface area contributed by atoms with E-state index in [2.05, 4.69) is 5.92 Å². The maximum absolute atomic E-state index is 12.9. The third-order valence-corrected chi connectivity index (χ3v) is 5.27. The van der Waals surface area contributed by atoms with Crippen molar-refractivity contribution in [3.05, 3.63) is 58.5 Å². The van der Waals surface area contributed by atoms with E-state index in [-0.39, 0.29) is 28.1 Å². The second-order valence-electron chi connectivity index (χ2n) is 5.74. The van der Waals surface area contributed by atoms with Crippen molar-refractivity contribution in [1.82, 2.24) is 0 Å². The molecule has 2 aromatic rings. The molecular formula is C21H15NO5S2. The number of nitrogens with zero attached hydrogens (tertiary/aromatic N) is 1. The molecule has 0 saturated carbocycles. The number of methoxy groups -OCH3 is 1. The number of carboxylic acids is 1. The Balaban J connectivity index is 1.93. The number of hydrogen-bond donors (Lipinski definition) is 1.